The minimum atomic E-state index is 1.11. The Labute approximate surface area is 110 Å². The Morgan fingerprint density at radius 3 is 2.11 bits per heavy atom. The monoisotopic (exact) mass is 236 g/mol. The van der Waals surface area contributed by atoms with Gasteiger partial charge in [-0.15, -0.1) is 0 Å². The minimum Gasteiger partial charge on any atom is -0.0555 e. The molecule has 1 aliphatic rings. The molecule has 0 aliphatic heterocycles. The Morgan fingerprint density at radius 1 is 0.722 bits per heavy atom. The summed E-state index contributed by atoms with van der Waals surface area (Å²) in [6.45, 7) is 11.2. The molecule has 0 aromatic heterocycles. The van der Waals surface area contributed by atoms with Gasteiger partial charge in [0.2, 0.25) is 0 Å². The number of fused-ring (bicyclic) bond motifs is 3. The van der Waals surface area contributed by atoms with Gasteiger partial charge in [0, 0.05) is 0 Å². The average molecular weight is 236 g/mol. The quantitative estimate of drug-likeness (QED) is 0.526. The van der Waals surface area contributed by atoms with Crippen LogP contribution < -0.4 is 0 Å². The summed E-state index contributed by atoms with van der Waals surface area (Å²) in [5.41, 5.74) is 13.2. The Balaban J connectivity index is 2.35. The Kier molecular flexibility index (Phi) is 2.38. The smallest absolute Gasteiger partial charge is 0.00105 e. The molecule has 0 saturated carbocycles. The van der Waals surface area contributed by atoms with Gasteiger partial charge in [-0.1, -0.05) is 18.2 Å². The highest BCUT2D eigenvalue weighted by Crippen LogP contribution is 2.42. The van der Waals surface area contributed by atoms with E-state index in [1.165, 1.54) is 44.5 Å². The summed E-state index contributed by atoms with van der Waals surface area (Å²) in [5, 5.41) is 0. The van der Waals surface area contributed by atoms with Crippen LogP contribution in [0.3, 0.4) is 0 Å². The zero-order chi connectivity index (χ0) is 13.0. The molecule has 0 nitrogen and oxygen atoms in total. The first-order valence-corrected chi connectivity index (χ1v) is 6.69. The van der Waals surface area contributed by atoms with E-state index < -0.39 is 0 Å². The van der Waals surface area contributed by atoms with Crippen LogP contribution in [-0.4, -0.2) is 0 Å². The average Bonchev–Trinajstić information content (AvgIpc) is 2.66. The van der Waals surface area contributed by atoms with Crippen molar-refractivity contribution in [3.63, 3.8) is 0 Å². The summed E-state index contributed by atoms with van der Waals surface area (Å²) in [7, 11) is 0. The largest absolute Gasteiger partial charge is 0.0555 e. The van der Waals surface area contributed by atoms with E-state index in [1.54, 1.807) is 5.56 Å². The SMILES string of the molecule is Cc1cc2c(cc1C)-c1c(C)cc(C)c(C)c1C2. The second kappa shape index (κ2) is 3.71. The van der Waals surface area contributed by atoms with Gasteiger partial charge >= 0.3 is 0 Å². The molecule has 0 spiro atoms. The molecule has 0 fully saturated rings. The van der Waals surface area contributed by atoms with Crippen LogP contribution in [0.25, 0.3) is 11.1 Å². The van der Waals surface area contributed by atoms with Crippen LogP contribution in [0.4, 0.5) is 0 Å². The van der Waals surface area contributed by atoms with Gasteiger partial charge < -0.3 is 0 Å². The minimum absolute atomic E-state index is 1.11. The van der Waals surface area contributed by atoms with Crippen molar-refractivity contribution in [3.05, 3.63) is 57.1 Å². The van der Waals surface area contributed by atoms with Gasteiger partial charge in [0.25, 0.3) is 0 Å². The maximum Gasteiger partial charge on any atom is -0.00105 e. The lowest BCUT2D eigenvalue weighted by Gasteiger charge is -2.12. The Hall–Kier alpha value is -1.56. The maximum atomic E-state index is 2.37. The number of hydrogen-bond acceptors (Lipinski definition) is 0. The molecule has 0 radical (unpaired) electrons. The molecule has 18 heavy (non-hydrogen) atoms. The van der Waals surface area contributed by atoms with Crippen molar-refractivity contribution in [2.24, 2.45) is 0 Å². The molecule has 2 aromatic rings. The number of hydrogen-bond donors (Lipinski definition) is 0. The molecule has 0 atom stereocenters. The highest BCUT2D eigenvalue weighted by atomic mass is 14.3. The fourth-order valence-electron chi connectivity index (χ4n) is 3.21. The summed E-state index contributed by atoms with van der Waals surface area (Å²) in [6.07, 6.45) is 1.11. The van der Waals surface area contributed by atoms with E-state index >= 15 is 0 Å². The van der Waals surface area contributed by atoms with Gasteiger partial charge in [-0.2, -0.15) is 0 Å². The van der Waals surface area contributed by atoms with Crippen LogP contribution in [-0.2, 0) is 6.42 Å². The van der Waals surface area contributed by atoms with E-state index in [2.05, 4.69) is 52.8 Å². The standard InChI is InChI=1S/C18H20/c1-10-7-15-9-16-14(5)12(3)6-13(4)18(16)17(15)8-11(10)2/h6-8H,9H2,1-5H3. The normalized spacial score (nSPS) is 12.5. The predicted molar refractivity (Wildman–Crippen MR) is 78.4 cm³/mol. The summed E-state index contributed by atoms with van der Waals surface area (Å²) in [4.78, 5) is 0. The zero-order valence-electron chi connectivity index (χ0n) is 11.9. The molecule has 1 aliphatic carbocycles. The Morgan fingerprint density at radius 2 is 1.39 bits per heavy atom. The second-order valence-corrected chi connectivity index (χ2v) is 5.76. The van der Waals surface area contributed by atoms with E-state index in [0.717, 1.165) is 6.42 Å². The maximum absolute atomic E-state index is 2.37. The lowest BCUT2D eigenvalue weighted by atomic mass is 9.93. The van der Waals surface area contributed by atoms with Crippen LogP contribution >= 0.6 is 0 Å². The van der Waals surface area contributed by atoms with Crippen LogP contribution in [0.5, 0.6) is 0 Å². The van der Waals surface area contributed by atoms with Gasteiger partial charge in [0.05, 0.1) is 0 Å². The van der Waals surface area contributed by atoms with Crippen molar-refractivity contribution in [2.45, 2.75) is 41.0 Å². The molecule has 92 valence electrons. The van der Waals surface area contributed by atoms with Crippen LogP contribution in [0.2, 0.25) is 0 Å². The third kappa shape index (κ3) is 1.45. The van der Waals surface area contributed by atoms with Crippen molar-refractivity contribution in [2.75, 3.05) is 0 Å². The molecule has 0 unspecified atom stereocenters. The van der Waals surface area contributed by atoms with Gasteiger partial charge in [-0.25, -0.2) is 0 Å². The van der Waals surface area contributed by atoms with E-state index in [-0.39, 0.29) is 0 Å². The molecule has 0 heteroatoms. The van der Waals surface area contributed by atoms with Crippen molar-refractivity contribution in [3.8, 4) is 11.1 Å². The first-order chi connectivity index (χ1) is 8.49. The molecule has 0 amide bonds. The summed E-state index contributed by atoms with van der Waals surface area (Å²) >= 11 is 0. The van der Waals surface area contributed by atoms with Gasteiger partial charge in [-0.05, 0) is 91.1 Å². The van der Waals surface area contributed by atoms with Crippen LogP contribution in [0, 0.1) is 34.6 Å². The van der Waals surface area contributed by atoms with Crippen molar-refractivity contribution in [1.29, 1.82) is 0 Å². The Bertz CT molecular complexity index is 660. The summed E-state index contributed by atoms with van der Waals surface area (Å²) in [6, 6.07) is 7.08. The van der Waals surface area contributed by atoms with E-state index in [0.29, 0.717) is 0 Å². The predicted octanol–water partition coefficient (Wildman–Crippen LogP) is 4.80. The highest BCUT2D eigenvalue weighted by molar-refractivity contribution is 5.82. The topological polar surface area (TPSA) is 0 Å². The fourth-order valence-corrected chi connectivity index (χ4v) is 3.21. The molecule has 0 N–H and O–H groups in total. The summed E-state index contributed by atoms with van der Waals surface area (Å²) in [5.74, 6) is 0. The van der Waals surface area contributed by atoms with Crippen LogP contribution in [0.15, 0.2) is 18.2 Å². The van der Waals surface area contributed by atoms with E-state index in [1.807, 2.05) is 0 Å². The number of benzene rings is 2. The third-order valence-electron chi connectivity index (χ3n) is 4.53. The third-order valence-corrected chi connectivity index (χ3v) is 4.53. The molecule has 0 heterocycles. The first-order valence-electron chi connectivity index (χ1n) is 6.69. The molecule has 3 rings (SSSR count). The first kappa shape index (κ1) is 11.5. The van der Waals surface area contributed by atoms with Crippen molar-refractivity contribution < 1.29 is 0 Å². The van der Waals surface area contributed by atoms with E-state index in [4.69, 9.17) is 0 Å². The van der Waals surface area contributed by atoms with E-state index in [9.17, 15) is 0 Å². The molecule has 0 saturated heterocycles. The lowest BCUT2D eigenvalue weighted by Crippen LogP contribution is -1.93. The lowest BCUT2D eigenvalue weighted by molar-refractivity contribution is 1.17. The zero-order valence-corrected chi connectivity index (χ0v) is 11.9. The second-order valence-electron chi connectivity index (χ2n) is 5.76. The van der Waals surface area contributed by atoms with Crippen molar-refractivity contribution in [1.82, 2.24) is 0 Å². The number of aryl methyl sites for hydroxylation is 4. The highest BCUT2D eigenvalue weighted by Gasteiger charge is 2.23. The van der Waals surface area contributed by atoms with Gasteiger partial charge in [0.1, 0.15) is 0 Å². The van der Waals surface area contributed by atoms with Gasteiger partial charge in [-0.3, -0.25) is 0 Å². The summed E-state index contributed by atoms with van der Waals surface area (Å²) < 4.78 is 0. The molecule has 2 aromatic carbocycles. The van der Waals surface area contributed by atoms with Crippen molar-refractivity contribution >= 4 is 0 Å². The number of rotatable bonds is 0. The van der Waals surface area contributed by atoms with Gasteiger partial charge in [0.15, 0.2) is 0 Å². The molecular weight excluding hydrogens is 216 g/mol. The molecule has 0 bridgehead atoms. The fraction of sp³-hybridized carbons (Fsp3) is 0.333. The molecular formula is C18H20. The van der Waals surface area contributed by atoms with Crippen LogP contribution in [0.1, 0.15) is 38.9 Å².